The van der Waals surface area contributed by atoms with Gasteiger partial charge in [0.1, 0.15) is 11.9 Å². The van der Waals surface area contributed by atoms with Gasteiger partial charge in [-0.15, -0.1) is 0 Å². The molecule has 0 aliphatic carbocycles. The lowest BCUT2D eigenvalue weighted by molar-refractivity contribution is 0.266. The van der Waals surface area contributed by atoms with Crippen LogP contribution in [-0.2, 0) is 6.54 Å². The highest BCUT2D eigenvalue weighted by Gasteiger charge is 2.11. The van der Waals surface area contributed by atoms with E-state index in [1.807, 2.05) is 13.0 Å². The minimum atomic E-state index is 0.0379. The van der Waals surface area contributed by atoms with Crippen LogP contribution >= 0.6 is 0 Å². The van der Waals surface area contributed by atoms with Crippen LogP contribution in [0.5, 0.6) is 5.75 Å². The molecule has 0 bridgehead atoms. The van der Waals surface area contributed by atoms with Crippen molar-refractivity contribution in [3.05, 3.63) is 41.5 Å². The third kappa shape index (κ3) is 5.07. The van der Waals surface area contributed by atoms with Crippen molar-refractivity contribution < 1.29 is 4.74 Å². The fourth-order valence-corrected chi connectivity index (χ4v) is 1.93. The number of ether oxygens (including phenoxy) is 1. The Balaban J connectivity index is 2.87. The van der Waals surface area contributed by atoms with Crippen LogP contribution in [0.2, 0.25) is 0 Å². The number of nitrogens with one attached hydrogen (secondary N) is 1. The van der Waals surface area contributed by atoms with Crippen LogP contribution in [0.25, 0.3) is 0 Å². The van der Waals surface area contributed by atoms with Gasteiger partial charge in [-0.05, 0) is 58.2 Å². The third-order valence-corrected chi connectivity index (χ3v) is 2.98. The molecular weight excluding hydrogens is 234 g/mol. The van der Waals surface area contributed by atoms with E-state index in [1.165, 1.54) is 16.7 Å². The van der Waals surface area contributed by atoms with Crippen molar-refractivity contribution in [1.82, 2.24) is 5.32 Å². The standard InChI is InChI=1S/C17H27NO/c1-8-14(4)19-16-12(2)9-15(10-13(16)3)11-18-17(5,6)7/h8-10,14,18H,1,11H2,2-7H3. The van der Waals surface area contributed by atoms with Crippen LogP contribution < -0.4 is 10.1 Å². The molecule has 0 aliphatic heterocycles. The highest BCUT2D eigenvalue weighted by Crippen LogP contribution is 2.26. The zero-order valence-corrected chi connectivity index (χ0v) is 13.1. The first-order valence-electron chi connectivity index (χ1n) is 6.87. The van der Waals surface area contributed by atoms with Gasteiger partial charge in [0.05, 0.1) is 0 Å². The predicted octanol–water partition coefficient (Wildman–Crippen LogP) is 4.14. The lowest BCUT2D eigenvalue weighted by Gasteiger charge is -2.22. The quantitative estimate of drug-likeness (QED) is 0.804. The number of rotatable bonds is 5. The number of benzene rings is 1. The van der Waals surface area contributed by atoms with Gasteiger partial charge in [0.25, 0.3) is 0 Å². The smallest absolute Gasteiger partial charge is 0.126 e. The zero-order chi connectivity index (χ0) is 14.6. The summed E-state index contributed by atoms with van der Waals surface area (Å²) in [7, 11) is 0. The number of hydrogen-bond acceptors (Lipinski definition) is 2. The average Bonchev–Trinajstić information content (AvgIpc) is 2.30. The maximum Gasteiger partial charge on any atom is 0.126 e. The molecule has 2 heteroatoms. The van der Waals surface area contributed by atoms with Crippen molar-refractivity contribution in [2.24, 2.45) is 0 Å². The van der Waals surface area contributed by atoms with Crippen LogP contribution in [0.15, 0.2) is 24.8 Å². The Bertz CT molecular complexity index is 420. The maximum atomic E-state index is 5.89. The number of hydrogen-bond donors (Lipinski definition) is 1. The Kier molecular flexibility index (Phi) is 5.19. The molecule has 1 aromatic rings. The monoisotopic (exact) mass is 261 g/mol. The summed E-state index contributed by atoms with van der Waals surface area (Å²) in [5.74, 6) is 0.979. The molecule has 1 N–H and O–H groups in total. The van der Waals surface area contributed by atoms with Gasteiger partial charge in [-0.1, -0.05) is 24.8 Å². The molecule has 0 aliphatic rings. The molecule has 1 unspecified atom stereocenters. The van der Waals surface area contributed by atoms with E-state index in [0.717, 1.165) is 12.3 Å². The van der Waals surface area contributed by atoms with Crippen LogP contribution in [-0.4, -0.2) is 11.6 Å². The first-order chi connectivity index (χ1) is 8.73. The molecule has 2 nitrogen and oxygen atoms in total. The van der Waals surface area contributed by atoms with Crippen LogP contribution in [0.3, 0.4) is 0 Å². The van der Waals surface area contributed by atoms with Crippen LogP contribution in [0.4, 0.5) is 0 Å². The lowest BCUT2D eigenvalue weighted by atomic mass is 10.0. The van der Waals surface area contributed by atoms with Crippen molar-refractivity contribution in [2.45, 2.75) is 59.7 Å². The Morgan fingerprint density at radius 1 is 1.26 bits per heavy atom. The van der Waals surface area contributed by atoms with E-state index in [4.69, 9.17) is 4.74 Å². The second kappa shape index (κ2) is 6.25. The summed E-state index contributed by atoms with van der Waals surface area (Å²) in [5.41, 5.74) is 3.79. The summed E-state index contributed by atoms with van der Waals surface area (Å²) >= 11 is 0. The van der Waals surface area contributed by atoms with Gasteiger partial charge in [0.15, 0.2) is 0 Å². The molecule has 0 heterocycles. The molecule has 0 amide bonds. The Hall–Kier alpha value is -1.28. The molecule has 1 atom stereocenters. The van der Waals surface area contributed by atoms with Crippen molar-refractivity contribution in [2.75, 3.05) is 0 Å². The van der Waals surface area contributed by atoms with E-state index in [-0.39, 0.29) is 11.6 Å². The molecule has 106 valence electrons. The normalized spacial score (nSPS) is 13.2. The second-order valence-electron chi connectivity index (χ2n) is 6.22. The van der Waals surface area contributed by atoms with Crippen molar-refractivity contribution >= 4 is 0 Å². The Morgan fingerprint density at radius 3 is 2.21 bits per heavy atom. The van der Waals surface area contributed by atoms with E-state index < -0.39 is 0 Å². The molecule has 0 saturated heterocycles. The highest BCUT2D eigenvalue weighted by molar-refractivity contribution is 5.43. The fourth-order valence-electron chi connectivity index (χ4n) is 1.93. The lowest BCUT2D eigenvalue weighted by Crippen LogP contribution is -2.35. The van der Waals surface area contributed by atoms with Gasteiger partial charge in [-0.2, -0.15) is 0 Å². The first kappa shape index (κ1) is 15.8. The van der Waals surface area contributed by atoms with Crippen LogP contribution in [0.1, 0.15) is 44.4 Å². The largest absolute Gasteiger partial charge is 0.486 e. The number of aryl methyl sites for hydroxylation is 2. The van der Waals surface area contributed by atoms with Crippen molar-refractivity contribution in [1.29, 1.82) is 0 Å². The van der Waals surface area contributed by atoms with E-state index >= 15 is 0 Å². The summed E-state index contributed by atoms with van der Waals surface area (Å²) in [6, 6.07) is 4.38. The summed E-state index contributed by atoms with van der Waals surface area (Å²) in [4.78, 5) is 0. The summed E-state index contributed by atoms with van der Waals surface area (Å²) < 4.78 is 5.89. The van der Waals surface area contributed by atoms with Gasteiger partial charge < -0.3 is 10.1 Å². The fraction of sp³-hybridized carbons (Fsp3) is 0.529. The summed E-state index contributed by atoms with van der Waals surface area (Å²) in [5, 5.41) is 3.51. The van der Waals surface area contributed by atoms with E-state index in [9.17, 15) is 0 Å². The maximum absolute atomic E-state index is 5.89. The minimum Gasteiger partial charge on any atom is -0.486 e. The van der Waals surface area contributed by atoms with E-state index in [2.05, 4.69) is 58.6 Å². The Labute approximate surface area is 117 Å². The summed E-state index contributed by atoms with van der Waals surface area (Å²) in [6.07, 6.45) is 1.85. The molecule has 0 aromatic heterocycles. The minimum absolute atomic E-state index is 0.0379. The van der Waals surface area contributed by atoms with Gasteiger partial charge in [0, 0.05) is 12.1 Å². The van der Waals surface area contributed by atoms with Crippen LogP contribution in [0, 0.1) is 13.8 Å². The molecule has 0 saturated carbocycles. The van der Waals surface area contributed by atoms with E-state index in [0.29, 0.717) is 0 Å². The second-order valence-corrected chi connectivity index (χ2v) is 6.22. The van der Waals surface area contributed by atoms with E-state index in [1.54, 1.807) is 0 Å². The topological polar surface area (TPSA) is 21.3 Å². The summed E-state index contributed by atoms with van der Waals surface area (Å²) in [6.45, 7) is 17.4. The SMILES string of the molecule is C=CC(C)Oc1c(C)cc(CNC(C)(C)C)cc1C. The first-order valence-corrected chi connectivity index (χ1v) is 6.87. The average molecular weight is 261 g/mol. The molecule has 0 fully saturated rings. The molecule has 1 rings (SSSR count). The molecule has 0 spiro atoms. The van der Waals surface area contributed by atoms with Gasteiger partial charge >= 0.3 is 0 Å². The predicted molar refractivity (Wildman–Crippen MR) is 82.8 cm³/mol. The van der Waals surface area contributed by atoms with Crippen molar-refractivity contribution in [3.8, 4) is 5.75 Å². The molecule has 0 radical (unpaired) electrons. The molecular formula is C17H27NO. The van der Waals surface area contributed by atoms with Gasteiger partial charge in [0.2, 0.25) is 0 Å². The van der Waals surface area contributed by atoms with Gasteiger partial charge in [-0.3, -0.25) is 0 Å². The highest BCUT2D eigenvalue weighted by atomic mass is 16.5. The molecule has 19 heavy (non-hydrogen) atoms. The van der Waals surface area contributed by atoms with Crippen molar-refractivity contribution in [3.63, 3.8) is 0 Å². The third-order valence-electron chi connectivity index (χ3n) is 2.98. The zero-order valence-electron chi connectivity index (χ0n) is 13.1. The Morgan fingerprint density at radius 2 is 1.79 bits per heavy atom. The van der Waals surface area contributed by atoms with Gasteiger partial charge in [-0.25, -0.2) is 0 Å². The molecule has 1 aromatic carbocycles.